The van der Waals surface area contributed by atoms with E-state index in [0.29, 0.717) is 5.69 Å². The van der Waals surface area contributed by atoms with Crippen LogP contribution in [-0.2, 0) is 0 Å². The molecule has 0 unspecified atom stereocenters. The van der Waals surface area contributed by atoms with Gasteiger partial charge < -0.3 is 4.90 Å². The minimum absolute atomic E-state index is 0.0563. The zero-order valence-corrected chi connectivity index (χ0v) is 11.4. The molecule has 0 aromatic carbocycles. The summed E-state index contributed by atoms with van der Waals surface area (Å²) in [5.41, 5.74) is 2.52. The van der Waals surface area contributed by atoms with Crippen LogP contribution < -0.4 is 0 Å². The van der Waals surface area contributed by atoms with Crippen molar-refractivity contribution >= 4 is 5.91 Å². The Kier molecular flexibility index (Phi) is 3.45. The monoisotopic (exact) mass is 271 g/mol. The Labute approximate surface area is 117 Å². The molecule has 20 heavy (non-hydrogen) atoms. The van der Waals surface area contributed by atoms with Gasteiger partial charge in [-0.1, -0.05) is 0 Å². The number of aromatic nitrogens is 4. The molecule has 1 fully saturated rings. The van der Waals surface area contributed by atoms with Crippen LogP contribution in [0.25, 0.3) is 0 Å². The van der Waals surface area contributed by atoms with Crippen LogP contribution in [-0.4, -0.2) is 37.5 Å². The summed E-state index contributed by atoms with van der Waals surface area (Å²) >= 11 is 0. The second-order valence-corrected chi connectivity index (χ2v) is 5.07. The number of carbonyl (C=O) groups excluding carboxylic acids is 1. The van der Waals surface area contributed by atoms with E-state index in [4.69, 9.17) is 0 Å². The summed E-state index contributed by atoms with van der Waals surface area (Å²) in [6.45, 7) is 2.76. The minimum atomic E-state index is -0.0585. The molecule has 1 atom stereocenters. The Hall–Kier alpha value is -2.24. The Bertz CT molecular complexity index is 595. The number of aryl methyl sites for hydroxylation is 1. The van der Waals surface area contributed by atoms with Gasteiger partial charge in [-0.15, -0.1) is 0 Å². The third-order valence-corrected chi connectivity index (χ3v) is 3.75. The predicted molar refractivity (Wildman–Crippen MR) is 73.0 cm³/mol. The standard InChI is InChI=1S/C14H17N5O/c1-10-8-17-18-13(10)12-4-2-3-7-19(12)14(20)11-9-15-5-6-16-11/h5-6,8-9,12H,2-4,7H2,1H3,(H,17,18)/t12-/m0/s1. The van der Waals surface area contributed by atoms with Gasteiger partial charge in [-0.25, -0.2) is 4.98 Å². The van der Waals surface area contributed by atoms with E-state index in [1.165, 1.54) is 6.20 Å². The van der Waals surface area contributed by atoms with Crippen LogP contribution in [0.2, 0.25) is 0 Å². The minimum Gasteiger partial charge on any atom is -0.329 e. The maximum Gasteiger partial charge on any atom is 0.274 e. The van der Waals surface area contributed by atoms with Crippen molar-refractivity contribution in [1.82, 2.24) is 25.1 Å². The highest BCUT2D eigenvalue weighted by molar-refractivity contribution is 5.92. The van der Waals surface area contributed by atoms with Gasteiger partial charge in [-0.2, -0.15) is 5.10 Å². The summed E-state index contributed by atoms with van der Waals surface area (Å²) in [6.07, 6.45) is 9.54. The van der Waals surface area contributed by atoms with Crippen molar-refractivity contribution in [1.29, 1.82) is 0 Å². The summed E-state index contributed by atoms with van der Waals surface area (Å²) < 4.78 is 0. The second kappa shape index (κ2) is 5.40. The summed E-state index contributed by atoms with van der Waals surface area (Å²) in [4.78, 5) is 22.6. The highest BCUT2D eigenvalue weighted by atomic mass is 16.2. The van der Waals surface area contributed by atoms with Crippen LogP contribution in [0.1, 0.15) is 47.1 Å². The molecule has 3 heterocycles. The van der Waals surface area contributed by atoms with E-state index in [0.717, 1.165) is 37.1 Å². The lowest BCUT2D eigenvalue weighted by Gasteiger charge is -2.35. The van der Waals surface area contributed by atoms with Gasteiger partial charge in [0.2, 0.25) is 0 Å². The van der Waals surface area contributed by atoms with Gasteiger partial charge in [0.05, 0.1) is 24.1 Å². The number of rotatable bonds is 2. The maximum absolute atomic E-state index is 12.6. The van der Waals surface area contributed by atoms with E-state index >= 15 is 0 Å². The van der Waals surface area contributed by atoms with Gasteiger partial charge in [0.15, 0.2) is 0 Å². The van der Waals surface area contributed by atoms with Gasteiger partial charge >= 0.3 is 0 Å². The molecule has 3 rings (SSSR count). The number of piperidine rings is 1. The first kappa shape index (κ1) is 12.8. The molecule has 104 valence electrons. The lowest BCUT2D eigenvalue weighted by molar-refractivity contribution is 0.0598. The number of aromatic amines is 1. The average Bonchev–Trinajstić information content (AvgIpc) is 2.93. The summed E-state index contributed by atoms with van der Waals surface area (Å²) in [5.74, 6) is -0.0585. The van der Waals surface area contributed by atoms with Gasteiger partial charge in [0, 0.05) is 18.9 Å². The molecule has 2 aromatic rings. The Morgan fingerprint density at radius 3 is 2.95 bits per heavy atom. The number of carbonyl (C=O) groups is 1. The molecule has 6 heteroatoms. The third-order valence-electron chi connectivity index (χ3n) is 3.75. The fourth-order valence-electron chi connectivity index (χ4n) is 2.73. The van der Waals surface area contributed by atoms with E-state index in [-0.39, 0.29) is 11.9 Å². The first-order valence-corrected chi connectivity index (χ1v) is 6.84. The van der Waals surface area contributed by atoms with Gasteiger partial charge in [-0.05, 0) is 31.7 Å². The number of nitrogens with zero attached hydrogens (tertiary/aromatic N) is 4. The lowest BCUT2D eigenvalue weighted by Crippen LogP contribution is -2.39. The van der Waals surface area contributed by atoms with E-state index in [1.54, 1.807) is 18.6 Å². The first-order chi connectivity index (χ1) is 9.77. The Morgan fingerprint density at radius 2 is 2.25 bits per heavy atom. The molecule has 1 amide bonds. The van der Waals surface area contributed by atoms with Crippen LogP contribution in [0.4, 0.5) is 0 Å². The number of H-pyrrole nitrogens is 1. The van der Waals surface area contributed by atoms with Gasteiger partial charge in [-0.3, -0.25) is 14.9 Å². The molecule has 6 nitrogen and oxygen atoms in total. The molecule has 1 aliphatic heterocycles. The predicted octanol–water partition coefficient (Wildman–Crippen LogP) is 1.88. The zero-order chi connectivity index (χ0) is 13.9. The molecular formula is C14H17N5O. The Morgan fingerprint density at radius 1 is 1.35 bits per heavy atom. The molecule has 1 aliphatic rings. The van der Waals surface area contributed by atoms with E-state index < -0.39 is 0 Å². The molecule has 0 spiro atoms. The molecule has 0 radical (unpaired) electrons. The number of nitrogens with one attached hydrogen (secondary N) is 1. The largest absolute Gasteiger partial charge is 0.329 e. The first-order valence-electron chi connectivity index (χ1n) is 6.84. The number of amides is 1. The molecule has 2 aromatic heterocycles. The lowest BCUT2D eigenvalue weighted by atomic mass is 9.97. The van der Waals surface area contributed by atoms with Gasteiger partial charge in [0.25, 0.3) is 5.91 Å². The fourth-order valence-corrected chi connectivity index (χ4v) is 2.73. The van der Waals surface area contributed by atoms with Crippen molar-refractivity contribution in [3.05, 3.63) is 41.7 Å². The van der Waals surface area contributed by atoms with Crippen molar-refractivity contribution in [2.75, 3.05) is 6.54 Å². The highest BCUT2D eigenvalue weighted by Crippen LogP contribution is 2.32. The maximum atomic E-state index is 12.6. The van der Waals surface area contributed by atoms with Crippen molar-refractivity contribution in [3.63, 3.8) is 0 Å². The Balaban J connectivity index is 1.90. The number of hydrogen-bond acceptors (Lipinski definition) is 4. The molecule has 1 saturated heterocycles. The van der Waals surface area contributed by atoms with Crippen LogP contribution in [0, 0.1) is 6.92 Å². The van der Waals surface area contributed by atoms with Crippen LogP contribution in [0.3, 0.4) is 0 Å². The van der Waals surface area contributed by atoms with Crippen molar-refractivity contribution < 1.29 is 4.79 Å². The summed E-state index contributed by atoms with van der Waals surface area (Å²) in [7, 11) is 0. The van der Waals surface area contributed by atoms with E-state index in [9.17, 15) is 4.79 Å². The van der Waals surface area contributed by atoms with Crippen LogP contribution in [0.15, 0.2) is 24.8 Å². The second-order valence-electron chi connectivity index (χ2n) is 5.07. The highest BCUT2D eigenvalue weighted by Gasteiger charge is 2.31. The van der Waals surface area contributed by atoms with E-state index in [1.807, 2.05) is 11.8 Å². The quantitative estimate of drug-likeness (QED) is 0.904. The molecule has 0 bridgehead atoms. The molecule has 0 aliphatic carbocycles. The van der Waals surface area contributed by atoms with Crippen LogP contribution in [0.5, 0.6) is 0 Å². The van der Waals surface area contributed by atoms with Gasteiger partial charge in [0.1, 0.15) is 5.69 Å². The van der Waals surface area contributed by atoms with Crippen molar-refractivity contribution in [2.45, 2.75) is 32.2 Å². The van der Waals surface area contributed by atoms with Crippen LogP contribution >= 0.6 is 0 Å². The zero-order valence-electron chi connectivity index (χ0n) is 11.4. The van der Waals surface area contributed by atoms with Crippen molar-refractivity contribution in [2.24, 2.45) is 0 Å². The third kappa shape index (κ3) is 2.29. The smallest absolute Gasteiger partial charge is 0.274 e. The number of hydrogen-bond donors (Lipinski definition) is 1. The normalized spacial score (nSPS) is 19.1. The van der Waals surface area contributed by atoms with E-state index in [2.05, 4.69) is 20.2 Å². The number of likely N-dealkylation sites (tertiary alicyclic amines) is 1. The summed E-state index contributed by atoms with van der Waals surface area (Å²) in [6, 6.07) is 0.0563. The average molecular weight is 271 g/mol. The fraction of sp³-hybridized carbons (Fsp3) is 0.429. The summed E-state index contributed by atoms with van der Waals surface area (Å²) in [5, 5.41) is 7.10. The SMILES string of the molecule is Cc1cn[nH]c1[C@@H]1CCCCN1C(=O)c1cnccn1. The molecule has 0 saturated carbocycles. The topological polar surface area (TPSA) is 74.8 Å². The molecular weight excluding hydrogens is 254 g/mol. The molecule has 1 N–H and O–H groups in total. The van der Waals surface area contributed by atoms with Crippen molar-refractivity contribution in [3.8, 4) is 0 Å².